The molecule has 0 fully saturated rings. The number of halogens is 1. The van der Waals surface area contributed by atoms with Gasteiger partial charge in [0.25, 0.3) is 0 Å². The van der Waals surface area contributed by atoms with Gasteiger partial charge >= 0.3 is 0 Å². The molecule has 98 valence electrons. The van der Waals surface area contributed by atoms with Crippen molar-refractivity contribution in [2.45, 2.75) is 19.8 Å². The predicted molar refractivity (Wildman–Crippen MR) is 70.2 cm³/mol. The second-order valence-corrected chi connectivity index (χ2v) is 4.83. The fourth-order valence-electron chi connectivity index (χ4n) is 2.45. The number of fused-ring (bicyclic) bond motifs is 1. The van der Waals surface area contributed by atoms with Gasteiger partial charge in [-0.15, -0.1) is 0 Å². The Labute approximate surface area is 107 Å². The highest BCUT2D eigenvalue weighted by Crippen LogP contribution is 2.28. The van der Waals surface area contributed by atoms with Crippen LogP contribution in [0.2, 0.25) is 0 Å². The van der Waals surface area contributed by atoms with Gasteiger partial charge in [0.15, 0.2) is 0 Å². The van der Waals surface area contributed by atoms with E-state index in [1.807, 2.05) is 14.0 Å². The molecule has 1 aromatic rings. The Morgan fingerprint density at radius 3 is 3.06 bits per heavy atom. The summed E-state index contributed by atoms with van der Waals surface area (Å²) in [6.45, 7) is 3.30. The van der Waals surface area contributed by atoms with Crippen molar-refractivity contribution in [2.75, 3.05) is 25.0 Å². The average molecular weight is 250 g/mol. The second-order valence-electron chi connectivity index (χ2n) is 4.83. The van der Waals surface area contributed by atoms with Crippen LogP contribution in [0.15, 0.2) is 18.2 Å². The lowest BCUT2D eigenvalue weighted by atomic mass is 9.99. The van der Waals surface area contributed by atoms with E-state index in [0.29, 0.717) is 6.54 Å². The standard InChI is InChI=1S/C14H19FN2O/c1-10(9-16-2)14(18)17-7-3-4-11-8-12(15)5-6-13(11)17/h5-6,8,10,16H,3-4,7,9H2,1-2H3. The molecule has 1 aliphatic heterocycles. The van der Waals surface area contributed by atoms with Crippen molar-refractivity contribution in [3.63, 3.8) is 0 Å². The SMILES string of the molecule is CNCC(C)C(=O)N1CCCc2cc(F)ccc21. The monoisotopic (exact) mass is 250 g/mol. The molecule has 0 saturated heterocycles. The van der Waals surface area contributed by atoms with E-state index in [1.54, 1.807) is 11.0 Å². The number of amides is 1. The van der Waals surface area contributed by atoms with E-state index in [1.165, 1.54) is 12.1 Å². The van der Waals surface area contributed by atoms with Crippen LogP contribution in [0.4, 0.5) is 10.1 Å². The number of aryl methyl sites for hydroxylation is 1. The van der Waals surface area contributed by atoms with Crippen molar-refractivity contribution < 1.29 is 9.18 Å². The van der Waals surface area contributed by atoms with Crippen molar-refractivity contribution in [1.29, 1.82) is 0 Å². The van der Waals surface area contributed by atoms with Crippen LogP contribution >= 0.6 is 0 Å². The van der Waals surface area contributed by atoms with Crippen LogP contribution in [0.3, 0.4) is 0 Å². The summed E-state index contributed by atoms with van der Waals surface area (Å²) >= 11 is 0. The summed E-state index contributed by atoms with van der Waals surface area (Å²) in [7, 11) is 1.84. The van der Waals surface area contributed by atoms with Crippen molar-refractivity contribution in [3.8, 4) is 0 Å². The van der Waals surface area contributed by atoms with Gasteiger partial charge < -0.3 is 10.2 Å². The van der Waals surface area contributed by atoms with Gasteiger partial charge in [-0.1, -0.05) is 6.92 Å². The zero-order chi connectivity index (χ0) is 13.1. The molecule has 1 aromatic carbocycles. The topological polar surface area (TPSA) is 32.3 Å². The molecule has 0 bridgehead atoms. The number of carbonyl (C=O) groups is 1. The van der Waals surface area contributed by atoms with Gasteiger partial charge in [0.05, 0.1) is 0 Å². The average Bonchev–Trinajstić information content (AvgIpc) is 2.37. The Bertz CT molecular complexity index is 447. The zero-order valence-corrected chi connectivity index (χ0v) is 10.9. The zero-order valence-electron chi connectivity index (χ0n) is 10.9. The van der Waals surface area contributed by atoms with Gasteiger partial charge in [-0.2, -0.15) is 0 Å². The Kier molecular flexibility index (Phi) is 3.97. The number of nitrogens with one attached hydrogen (secondary N) is 1. The van der Waals surface area contributed by atoms with E-state index in [2.05, 4.69) is 5.32 Å². The van der Waals surface area contributed by atoms with Gasteiger partial charge in [0.1, 0.15) is 5.82 Å². The molecule has 1 N–H and O–H groups in total. The largest absolute Gasteiger partial charge is 0.319 e. The first-order chi connectivity index (χ1) is 8.63. The van der Waals surface area contributed by atoms with E-state index in [-0.39, 0.29) is 17.6 Å². The third-order valence-corrected chi connectivity index (χ3v) is 3.36. The molecular formula is C14H19FN2O. The lowest BCUT2D eigenvalue weighted by Crippen LogP contribution is -2.41. The van der Waals surface area contributed by atoms with Crippen molar-refractivity contribution in [2.24, 2.45) is 5.92 Å². The molecule has 1 atom stereocenters. The number of anilines is 1. The highest BCUT2D eigenvalue weighted by molar-refractivity contribution is 5.96. The lowest BCUT2D eigenvalue weighted by molar-refractivity contribution is -0.121. The van der Waals surface area contributed by atoms with Crippen LogP contribution < -0.4 is 10.2 Å². The summed E-state index contributed by atoms with van der Waals surface area (Å²) in [5.41, 5.74) is 1.81. The molecule has 2 rings (SSSR count). The highest BCUT2D eigenvalue weighted by atomic mass is 19.1. The first-order valence-corrected chi connectivity index (χ1v) is 6.38. The minimum Gasteiger partial charge on any atom is -0.319 e. The highest BCUT2D eigenvalue weighted by Gasteiger charge is 2.25. The number of hydrogen-bond acceptors (Lipinski definition) is 2. The number of rotatable bonds is 3. The Hall–Kier alpha value is -1.42. The maximum Gasteiger partial charge on any atom is 0.231 e. The minimum absolute atomic E-state index is 0.0639. The van der Waals surface area contributed by atoms with Gasteiger partial charge in [-0.3, -0.25) is 4.79 Å². The van der Waals surface area contributed by atoms with Gasteiger partial charge in [-0.05, 0) is 43.7 Å². The van der Waals surface area contributed by atoms with Gasteiger partial charge in [0.2, 0.25) is 5.91 Å². The molecule has 0 aromatic heterocycles. The minimum atomic E-state index is -0.230. The summed E-state index contributed by atoms with van der Waals surface area (Å²) in [5.74, 6) is -0.186. The fraction of sp³-hybridized carbons (Fsp3) is 0.500. The van der Waals surface area contributed by atoms with E-state index >= 15 is 0 Å². The molecule has 0 aliphatic carbocycles. The van der Waals surface area contributed by atoms with Crippen molar-refractivity contribution >= 4 is 11.6 Å². The molecule has 0 radical (unpaired) electrons. The van der Waals surface area contributed by atoms with Crippen LogP contribution in [0, 0.1) is 11.7 Å². The number of hydrogen-bond donors (Lipinski definition) is 1. The van der Waals surface area contributed by atoms with E-state index in [4.69, 9.17) is 0 Å². The summed E-state index contributed by atoms with van der Waals surface area (Å²) in [6.07, 6.45) is 1.74. The summed E-state index contributed by atoms with van der Waals surface area (Å²) in [5, 5.41) is 3.01. The van der Waals surface area contributed by atoms with E-state index < -0.39 is 0 Å². The molecule has 0 saturated carbocycles. The van der Waals surface area contributed by atoms with Crippen LogP contribution in [0.5, 0.6) is 0 Å². The molecule has 0 spiro atoms. The van der Waals surface area contributed by atoms with Gasteiger partial charge in [0, 0.05) is 24.7 Å². The van der Waals surface area contributed by atoms with Crippen LogP contribution in [-0.4, -0.2) is 26.0 Å². The molecule has 18 heavy (non-hydrogen) atoms. The lowest BCUT2D eigenvalue weighted by Gasteiger charge is -2.31. The predicted octanol–water partition coefficient (Wildman–Crippen LogP) is 1.96. The smallest absolute Gasteiger partial charge is 0.231 e. The number of carbonyl (C=O) groups excluding carboxylic acids is 1. The maximum atomic E-state index is 13.2. The quantitative estimate of drug-likeness (QED) is 0.889. The maximum absolute atomic E-state index is 13.2. The Balaban J connectivity index is 2.24. The third kappa shape index (κ3) is 2.53. The second kappa shape index (κ2) is 5.48. The summed E-state index contributed by atoms with van der Waals surface area (Å²) < 4.78 is 13.2. The normalized spacial score (nSPS) is 16.3. The molecule has 3 nitrogen and oxygen atoms in total. The van der Waals surface area contributed by atoms with Crippen molar-refractivity contribution in [1.82, 2.24) is 5.32 Å². The van der Waals surface area contributed by atoms with Crippen LogP contribution in [-0.2, 0) is 11.2 Å². The molecule has 1 amide bonds. The molecule has 1 unspecified atom stereocenters. The van der Waals surface area contributed by atoms with Crippen molar-refractivity contribution in [3.05, 3.63) is 29.6 Å². The molecule has 1 aliphatic rings. The Morgan fingerprint density at radius 2 is 2.33 bits per heavy atom. The molecule has 4 heteroatoms. The van der Waals surface area contributed by atoms with E-state index in [0.717, 1.165) is 30.6 Å². The third-order valence-electron chi connectivity index (χ3n) is 3.36. The number of nitrogens with zero attached hydrogens (tertiary/aromatic N) is 1. The van der Waals surface area contributed by atoms with Crippen LogP contribution in [0.25, 0.3) is 0 Å². The van der Waals surface area contributed by atoms with Gasteiger partial charge in [-0.25, -0.2) is 4.39 Å². The van der Waals surface area contributed by atoms with E-state index in [9.17, 15) is 9.18 Å². The summed E-state index contributed by atoms with van der Waals surface area (Å²) in [4.78, 5) is 14.1. The molecule has 1 heterocycles. The molecular weight excluding hydrogens is 231 g/mol. The van der Waals surface area contributed by atoms with Crippen LogP contribution in [0.1, 0.15) is 18.9 Å². The first-order valence-electron chi connectivity index (χ1n) is 6.38. The number of benzene rings is 1. The first kappa shape index (κ1) is 13.0. The Morgan fingerprint density at radius 1 is 1.56 bits per heavy atom. The fourth-order valence-corrected chi connectivity index (χ4v) is 2.45. The summed E-state index contributed by atoms with van der Waals surface area (Å²) in [6, 6.07) is 4.68.